The molecule has 14 heavy (non-hydrogen) atoms. The minimum absolute atomic E-state index is 0.485. The summed E-state index contributed by atoms with van der Waals surface area (Å²) in [5.74, 6) is -3.07. The van der Waals surface area contributed by atoms with Crippen molar-refractivity contribution in [3.8, 4) is 0 Å². The highest BCUT2D eigenvalue weighted by Gasteiger charge is 2.15. The molecule has 1 aromatic rings. The van der Waals surface area contributed by atoms with Gasteiger partial charge in [0, 0.05) is 5.30 Å². The van der Waals surface area contributed by atoms with Crippen molar-refractivity contribution in [2.75, 3.05) is 0 Å². The van der Waals surface area contributed by atoms with Crippen molar-refractivity contribution in [3.05, 3.63) is 30.3 Å². The number of carbonyl (C=O) groups excluding carboxylic acids is 1. The van der Waals surface area contributed by atoms with Crippen LogP contribution in [0.3, 0.4) is 0 Å². The van der Waals surface area contributed by atoms with Crippen LogP contribution in [-0.4, -0.2) is 6.03 Å². The largest absolute Gasteiger partial charge is 0.352 e. The number of carbonyl (C=O) groups is 1. The van der Waals surface area contributed by atoms with Crippen LogP contribution >= 0.6 is 28.3 Å². The SMILES string of the molecule is NC(N)=O.O=P(Cl)(Cl)c1ccccc1. The maximum absolute atomic E-state index is 10.9. The molecule has 4 N–H and O–H groups in total. The lowest BCUT2D eigenvalue weighted by Crippen LogP contribution is -2.18. The highest BCUT2D eigenvalue weighted by Crippen LogP contribution is 2.54. The molecule has 0 atom stereocenters. The third kappa shape index (κ3) is 6.78. The molecule has 0 aromatic heterocycles. The summed E-state index contributed by atoms with van der Waals surface area (Å²) in [5.41, 5.74) is 8.50. The Morgan fingerprint density at radius 3 is 1.71 bits per heavy atom. The van der Waals surface area contributed by atoms with Gasteiger partial charge >= 0.3 is 6.03 Å². The van der Waals surface area contributed by atoms with Gasteiger partial charge in [-0.25, -0.2) is 4.79 Å². The lowest BCUT2D eigenvalue weighted by molar-refractivity contribution is 0.256. The van der Waals surface area contributed by atoms with E-state index in [4.69, 9.17) is 27.3 Å². The fourth-order valence-electron chi connectivity index (χ4n) is 0.602. The fourth-order valence-corrected chi connectivity index (χ4v) is 1.80. The molecule has 4 nitrogen and oxygen atoms in total. The van der Waals surface area contributed by atoms with Crippen LogP contribution in [0.2, 0.25) is 0 Å². The lowest BCUT2D eigenvalue weighted by Gasteiger charge is -1.98. The predicted molar refractivity (Wildman–Crippen MR) is 59.2 cm³/mol. The molecule has 0 aliphatic carbocycles. The van der Waals surface area contributed by atoms with Crippen LogP contribution in [0.15, 0.2) is 30.3 Å². The van der Waals surface area contributed by atoms with E-state index in [1.807, 2.05) is 6.07 Å². The quantitative estimate of drug-likeness (QED) is 0.752. The summed E-state index contributed by atoms with van der Waals surface area (Å²) in [6.45, 7) is 0. The molecular weight excluding hydrogens is 246 g/mol. The summed E-state index contributed by atoms with van der Waals surface area (Å²) in [6.07, 6.45) is 0. The molecule has 78 valence electrons. The van der Waals surface area contributed by atoms with E-state index in [1.54, 1.807) is 24.3 Å². The van der Waals surface area contributed by atoms with Gasteiger partial charge in [0.15, 0.2) is 0 Å². The average Bonchev–Trinajstić information content (AvgIpc) is 2.03. The van der Waals surface area contributed by atoms with E-state index in [0.717, 1.165) is 0 Å². The van der Waals surface area contributed by atoms with Gasteiger partial charge in [0.1, 0.15) is 0 Å². The fraction of sp³-hybridized carbons (Fsp3) is 0. The summed E-state index contributed by atoms with van der Waals surface area (Å²) in [7, 11) is 0. The monoisotopic (exact) mass is 254 g/mol. The molecule has 0 heterocycles. The van der Waals surface area contributed by atoms with E-state index in [0.29, 0.717) is 5.30 Å². The standard InChI is InChI=1S/C6H5Cl2OP.CH4N2O/c7-10(8,9)6-4-2-1-3-5-6;2-1(3)4/h1-5H;(H4,2,3,4). The van der Waals surface area contributed by atoms with Crippen molar-refractivity contribution in [2.24, 2.45) is 11.5 Å². The van der Waals surface area contributed by atoms with E-state index >= 15 is 0 Å². The maximum Gasteiger partial charge on any atom is 0.309 e. The number of urea groups is 1. The Hall–Kier alpha value is -0.700. The molecule has 0 radical (unpaired) electrons. The first-order chi connectivity index (χ1) is 6.34. The van der Waals surface area contributed by atoms with E-state index < -0.39 is 11.9 Å². The lowest BCUT2D eigenvalue weighted by atomic mass is 10.4. The minimum atomic E-state index is -3.07. The molecule has 1 aromatic carbocycles. The van der Waals surface area contributed by atoms with Crippen LogP contribution in [0.25, 0.3) is 0 Å². The summed E-state index contributed by atoms with van der Waals surface area (Å²) < 4.78 is 10.9. The number of rotatable bonds is 1. The number of nitrogens with two attached hydrogens (primary N) is 2. The van der Waals surface area contributed by atoms with Crippen molar-refractivity contribution in [2.45, 2.75) is 0 Å². The molecule has 0 fully saturated rings. The summed E-state index contributed by atoms with van der Waals surface area (Å²) in [6, 6.07) is 7.74. The van der Waals surface area contributed by atoms with Gasteiger partial charge in [0.2, 0.25) is 0 Å². The molecule has 0 saturated heterocycles. The van der Waals surface area contributed by atoms with Crippen molar-refractivity contribution < 1.29 is 9.36 Å². The van der Waals surface area contributed by atoms with Crippen LogP contribution in [0, 0.1) is 0 Å². The molecule has 0 aliphatic rings. The second-order valence-corrected chi connectivity index (χ2v) is 7.02. The average molecular weight is 255 g/mol. The first kappa shape index (κ1) is 13.3. The number of hydrogen-bond acceptors (Lipinski definition) is 2. The molecule has 0 saturated carbocycles. The van der Waals surface area contributed by atoms with Crippen LogP contribution in [0.4, 0.5) is 4.79 Å². The second-order valence-electron chi connectivity index (χ2n) is 2.20. The van der Waals surface area contributed by atoms with Gasteiger partial charge in [-0.15, -0.1) is 0 Å². The Labute approximate surface area is 91.1 Å². The van der Waals surface area contributed by atoms with Crippen LogP contribution in [-0.2, 0) is 4.57 Å². The minimum Gasteiger partial charge on any atom is -0.352 e. The van der Waals surface area contributed by atoms with Crippen LogP contribution < -0.4 is 16.8 Å². The van der Waals surface area contributed by atoms with Gasteiger partial charge in [-0.2, -0.15) is 0 Å². The normalized spacial score (nSPS) is 9.86. The Kier molecular flexibility index (Phi) is 5.62. The zero-order valence-electron chi connectivity index (χ0n) is 7.06. The highest BCUT2D eigenvalue weighted by molar-refractivity contribution is 8.13. The molecule has 0 unspecified atom stereocenters. The van der Waals surface area contributed by atoms with Crippen molar-refractivity contribution >= 4 is 39.7 Å². The van der Waals surface area contributed by atoms with E-state index in [1.165, 1.54) is 0 Å². The molecule has 2 amide bonds. The molecule has 0 aliphatic heterocycles. The molecular formula is C7H9Cl2N2O2P. The zero-order chi connectivity index (χ0) is 11.2. The topological polar surface area (TPSA) is 86.2 Å². The Bertz CT molecular complexity index is 335. The van der Waals surface area contributed by atoms with E-state index in [9.17, 15) is 4.57 Å². The van der Waals surface area contributed by atoms with Crippen LogP contribution in [0.5, 0.6) is 0 Å². The molecule has 0 spiro atoms. The van der Waals surface area contributed by atoms with Gasteiger partial charge in [-0.05, 0) is 34.6 Å². The summed E-state index contributed by atoms with van der Waals surface area (Å²) in [4.78, 5) is 9.00. The third-order valence-electron chi connectivity index (χ3n) is 1.06. The summed E-state index contributed by atoms with van der Waals surface area (Å²) >= 11 is 10.8. The zero-order valence-corrected chi connectivity index (χ0v) is 9.47. The number of amides is 2. The first-order valence-electron chi connectivity index (χ1n) is 3.44. The molecule has 7 heteroatoms. The number of hydrogen-bond donors (Lipinski definition) is 2. The van der Waals surface area contributed by atoms with Crippen molar-refractivity contribution in [1.29, 1.82) is 0 Å². The van der Waals surface area contributed by atoms with E-state index in [2.05, 4.69) is 11.5 Å². The Balaban J connectivity index is 0.000000364. The smallest absolute Gasteiger partial charge is 0.309 e. The maximum atomic E-state index is 10.9. The second kappa shape index (κ2) is 5.91. The number of benzene rings is 1. The van der Waals surface area contributed by atoms with Gasteiger partial charge in [-0.1, -0.05) is 18.2 Å². The Morgan fingerprint density at radius 2 is 1.50 bits per heavy atom. The number of primary amides is 2. The molecule has 1 rings (SSSR count). The highest BCUT2D eigenvalue weighted by atomic mass is 35.9. The van der Waals surface area contributed by atoms with E-state index in [-0.39, 0.29) is 0 Å². The van der Waals surface area contributed by atoms with Gasteiger partial charge in [0.05, 0.1) is 0 Å². The summed E-state index contributed by atoms with van der Waals surface area (Å²) in [5, 5.41) is 0.485. The van der Waals surface area contributed by atoms with Crippen molar-refractivity contribution in [3.63, 3.8) is 0 Å². The predicted octanol–water partition coefficient (Wildman–Crippen LogP) is 2.01. The Morgan fingerprint density at radius 1 is 1.14 bits per heavy atom. The van der Waals surface area contributed by atoms with Gasteiger partial charge in [-0.3, -0.25) is 4.57 Å². The molecule has 0 bridgehead atoms. The number of halogens is 2. The third-order valence-corrected chi connectivity index (χ3v) is 3.13. The van der Waals surface area contributed by atoms with Gasteiger partial charge in [0.25, 0.3) is 5.85 Å². The van der Waals surface area contributed by atoms with Crippen LogP contribution in [0.1, 0.15) is 0 Å². The first-order valence-corrected chi connectivity index (χ1v) is 6.95. The van der Waals surface area contributed by atoms with Crippen molar-refractivity contribution in [1.82, 2.24) is 0 Å². The van der Waals surface area contributed by atoms with Gasteiger partial charge < -0.3 is 11.5 Å².